The van der Waals surface area contributed by atoms with E-state index in [2.05, 4.69) is 5.10 Å². The maximum atomic E-state index is 10.5. The number of hydrogen-bond acceptors (Lipinski definition) is 3. The lowest BCUT2D eigenvalue weighted by molar-refractivity contribution is -0.111. The number of hydrazone groups is 1. The lowest BCUT2D eigenvalue weighted by Gasteiger charge is -2.10. The minimum Gasteiger partial charge on any atom is -0.301 e. The quantitative estimate of drug-likeness (QED) is 0.544. The van der Waals surface area contributed by atoms with Crippen LogP contribution in [-0.4, -0.2) is 30.1 Å². The van der Waals surface area contributed by atoms with Crippen molar-refractivity contribution >= 4 is 12.0 Å². The Hall–Kier alpha value is -0.860. The Morgan fingerprint density at radius 1 is 1.64 bits per heavy atom. The Kier molecular flexibility index (Phi) is 1.44. The Morgan fingerprint density at radius 3 is 2.82 bits per heavy atom. The molecule has 2 rings (SSSR count). The zero-order valence-corrected chi connectivity index (χ0v) is 6.66. The summed E-state index contributed by atoms with van der Waals surface area (Å²) in [5.41, 5.74) is 1.24. The summed E-state index contributed by atoms with van der Waals surface area (Å²) >= 11 is 0. The van der Waals surface area contributed by atoms with Crippen molar-refractivity contribution < 1.29 is 4.79 Å². The average molecular weight is 152 g/mol. The van der Waals surface area contributed by atoms with Gasteiger partial charge in [0, 0.05) is 19.2 Å². The van der Waals surface area contributed by atoms with Crippen molar-refractivity contribution in [3.63, 3.8) is 0 Å². The molecule has 60 valence electrons. The molecule has 1 unspecified atom stereocenters. The highest BCUT2D eigenvalue weighted by Crippen LogP contribution is 2.34. The Bertz CT molecular complexity index is 208. The number of hydrogen-bond donors (Lipinski definition) is 0. The first-order chi connectivity index (χ1) is 5.31. The van der Waals surface area contributed by atoms with Crippen molar-refractivity contribution in [1.29, 1.82) is 0 Å². The summed E-state index contributed by atoms with van der Waals surface area (Å²) in [5, 5.41) is 6.10. The lowest BCUT2D eigenvalue weighted by Crippen LogP contribution is -2.23. The normalized spacial score (nSPS) is 30.5. The summed E-state index contributed by atoms with van der Waals surface area (Å²) < 4.78 is 0. The van der Waals surface area contributed by atoms with Gasteiger partial charge in [0.1, 0.15) is 12.3 Å². The first-order valence-corrected chi connectivity index (χ1v) is 4.07. The van der Waals surface area contributed by atoms with E-state index in [1.807, 2.05) is 7.05 Å². The van der Waals surface area contributed by atoms with E-state index < -0.39 is 0 Å². The van der Waals surface area contributed by atoms with Gasteiger partial charge in [-0.3, -0.25) is 5.01 Å². The number of likely N-dealkylation sites (N-methyl/N-ethyl adjacent to an activating group) is 1. The number of carbonyl (C=O) groups is 1. The summed E-state index contributed by atoms with van der Waals surface area (Å²) in [6.45, 7) is 0. The fourth-order valence-corrected chi connectivity index (χ4v) is 1.47. The van der Waals surface area contributed by atoms with E-state index in [4.69, 9.17) is 0 Å². The summed E-state index contributed by atoms with van der Waals surface area (Å²) in [5.74, 6) is 0.711. The molecule has 1 aliphatic carbocycles. The van der Waals surface area contributed by atoms with Crippen molar-refractivity contribution in [2.75, 3.05) is 7.05 Å². The van der Waals surface area contributed by atoms with Crippen LogP contribution in [0, 0.1) is 5.92 Å². The van der Waals surface area contributed by atoms with Gasteiger partial charge in [0.2, 0.25) is 0 Å². The van der Waals surface area contributed by atoms with E-state index in [9.17, 15) is 4.79 Å². The van der Waals surface area contributed by atoms with Crippen LogP contribution in [0.2, 0.25) is 0 Å². The van der Waals surface area contributed by atoms with Crippen LogP contribution in [0.5, 0.6) is 0 Å². The molecule has 0 saturated heterocycles. The number of carbonyl (C=O) groups excluding carboxylic acids is 1. The average Bonchev–Trinajstić information content (AvgIpc) is 2.76. The maximum absolute atomic E-state index is 10.5. The van der Waals surface area contributed by atoms with Gasteiger partial charge in [0.25, 0.3) is 0 Å². The van der Waals surface area contributed by atoms with Crippen LogP contribution in [-0.2, 0) is 4.79 Å². The lowest BCUT2D eigenvalue weighted by atomic mass is 10.1. The number of aldehydes is 1. The fraction of sp³-hybridized carbons (Fsp3) is 0.750. The molecular formula is C8H12N2O. The van der Waals surface area contributed by atoms with E-state index in [1.165, 1.54) is 18.6 Å². The highest BCUT2D eigenvalue weighted by Gasteiger charge is 2.34. The van der Waals surface area contributed by atoms with Crippen molar-refractivity contribution in [2.24, 2.45) is 11.0 Å². The van der Waals surface area contributed by atoms with E-state index in [-0.39, 0.29) is 6.04 Å². The van der Waals surface area contributed by atoms with Crippen LogP contribution in [0.15, 0.2) is 5.10 Å². The summed E-state index contributed by atoms with van der Waals surface area (Å²) in [6.07, 6.45) is 4.40. The largest absolute Gasteiger partial charge is 0.301 e. The molecule has 11 heavy (non-hydrogen) atoms. The third-order valence-electron chi connectivity index (χ3n) is 2.39. The van der Waals surface area contributed by atoms with Gasteiger partial charge in [-0.25, -0.2) is 0 Å². The third kappa shape index (κ3) is 1.15. The van der Waals surface area contributed by atoms with Crippen LogP contribution < -0.4 is 0 Å². The molecule has 1 heterocycles. The number of nitrogens with zero attached hydrogens (tertiary/aromatic N) is 2. The van der Waals surface area contributed by atoms with Gasteiger partial charge in [0.15, 0.2) is 0 Å². The Balaban J connectivity index is 2.04. The molecule has 0 amide bonds. The second-order valence-electron chi connectivity index (χ2n) is 3.35. The van der Waals surface area contributed by atoms with Gasteiger partial charge in [-0.1, -0.05) is 0 Å². The number of rotatable bonds is 2. The predicted octanol–water partition coefficient (Wildman–Crippen LogP) is 0.655. The van der Waals surface area contributed by atoms with Crippen LogP contribution in [0.4, 0.5) is 0 Å². The summed E-state index contributed by atoms with van der Waals surface area (Å²) in [6, 6.07) is 0.0191. The molecular weight excluding hydrogens is 140 g/mol. The molecule has 3 heteroatoms. The van der Waals surface area contributed by atoms with E-state index in [1.54, 1.807) is 5.01 Å². The van der Waals surface area contributed by atoms with Crippen LogP contribution in [0.1, 0.15) is 19.3 Å². The molecule has 3 nitrogen and oxygen atoms in total. The fourth-order valence-electron chi connectivity index (χ4n) is 1.47. The molecule has 1 aliphatic heterocycles. The van der Waals surface area contributed by atoms with Gasteiger partial charge in [-0.05, 0) is 18.8 Å². The van der Waals surface area contributed by atoms with E-state index in [0.717, 1.165) is 12.7 Å². The smallest absolute Gasteiger partial charge is 0.144 e. The standard InChI is InChI=1S/C8H12N2O/c1-10-7(5-11)4-8(9-10)6-2-3-6/h5-7H,2-4H2,1H3. The minimum absolute atomic E-state index is 0.0191. The second-order valence-corrected chi connectivity index (χ2v) is 3.35. The first kappa shape index (κ1) is 6.83. The van der Waals surface area contributed by atoms with Gasteiger partial charge in [-0.2, -0.15) is 5.10 Å². The molecule has 0 spiro atoms. The topological polar surface area (TPSA) is 32.7 Å². The minimum atomic E-state index is 0.0191. The highest BCUT2D eigenvalue weighted by atomic mass is 16.1. The van der Waals surface area contributed by atoms with Crippen LogP contribution in [0.25, 0.3) is 0 Å². The third-order valence-corrected chi connectivity index (χ3v) is 2.39. The van der Waals surface area contributed by atoms with Crippen LogP contribution >= 0.6 is 0 Å². The highest BCUT2D eigenvalue weighted by molar-refractivity contribution is 5.92. The molecule has 1 fully saturated rings. The zero-order valence-electron chi connectivity index (χ0n) is 6.66. The van der Waals surface area contributed by atoms with Gasteiger partial charge < -0.3 is 4.79 Å². The van der Waals surface area contributed by atoms with Gasteiger partial charge >= 0.3 is 0 Å². The molecule has 0 aromatic heterocycles. The summed E-state index contributed by atoms with van der Waals surface area (Å²) in [7, 11) is 1.87. The molecule has 0 aromatic rings. The molecule has 0 bridgehead atoms. The van der Waals surface area contributed by atoms with Crippen LogP contribution in [0.3, 0.4) is 0 Å². The molecule has 1 saturated carbocycles. The monoisotopic (exact) mass is 152 g/mol. The van der Waals surface area contributed by atoms with E-state index >= 15 is 0 Å². The Morgan fingerprint density at radius 2 is 2.36 bits per heavy atom. The maximum Gasteiger partial charge on any atom is 0.144 e. The van der Waals surface area contributed by atoms with Crippen molar-refractivity contribution in [2.45, 2.75) is 25.3 Å². The van der Waals surface area contributed by atoms with E-state index in [0.29, 0.717) is 5.92 Å². The zero-order chi connectivity index (χ0) is 7.84. The second kappa shape index (κ2) is 2.32. The van der Waals surface area contributed by atoms with Crippen molar-refractivity contribution in [1.82, 2.24) is 5.01 Å². The molecule has 2 aliphatic rings. The predicted molar refractivity (Wildman–Crippen MR) is 42.4 cm³/mol. The Labute approximate surface area is 66.1 Å². The SMILES string of the molecule is CN1N=C(C2CC2)CC1C=O. The van der Waals surface area contributed by atoms with Gasteiger partial charge in [-0.15, -0.1) is 0 Å². The summed E-state index contributed by atoms with van der Waals surface area (Å²) in [4.78, 5) is 10.5. The molecule has 1 atom stereocenters. The molecule has 0 radical (unpaired) electrons. The molecule has 0 aromatic carbocycles. The van der Waals surface area contributed by atoms with Gasteiger partial charge in [0.05, 0.1) is 0 Å². The van der Waals surface area contributed by atoms with Crippen molar-refractivity contribution in [3.8, 4) is 0 Å². The first-order valence-electron chi connectivity index (χ1n) is 4.07. The van der Waals surface area contributed by atoms with Crippen molar-refractivity contribution in [3.05, 3.63) is 0 Å². The molecule has 0 N–H and O–H groups in total.